The molecule has 0 aliphatic carbocycles. The fourth-order valence-electron chi connectivity index (χ4n) is 2.78. The van der Waals surface area contributed by atoms with Crippen LogP contribution in [0.5, 0.6) is 0 Å². The summed E-state index contributed by atoms with van der Waals surface area (Å²) in [6, 6.07) is 23.8. The number of carbonyl (C=O) groups is 2. The highest BCUT2D eigenvalue weighted by atomic mass is 16.5. The second-order valence-corrected chi connectivity index (χ2v) is 6.30. The summed E-state index contributed by atoms with van der Waals surface area (Å²) >= 11 is 0. The fourth-order valence-corrected chi connectivity index (χ4v) is 2.78. The minimum atomic E-state index is -0.271. The van der Waals surface area contributed by atoms with Gasteiger partial charge in [0.1, 0.15) is 0 Å². The molecule has 0 aromatic heterocycles. The van der Waals surface area contributed by atoms with E-state index in [1.54, 1.807) is 43.5 Å². The lowest BCUT2D eigenvalue weighted by atomic mass is 10.1. The van der Waals surface area contributed by atoms with E-state index in [1.165, 1.54) is 0 Å². The SMILES string of the molecule is COCc1ccc(C(=O)Nc2ccccc2C(=O)NCc2ccccc2)cc1. The summed E-state index contributed by atoms with van der Waals surface area (Å²) in [6.45, 7) is 0.912. The Balaban J connectivity index is 1.69. The van der Waals surface area contributed by atoms with Crippen molar-refractivity contribution < 1.29 is 14.3 Å². The molecule has 2 N–H and O–H groups in total. The van der Waals surface area contributed by atoms with E-state index in [-0.39, 0.29) is 11.8 Å². The summed E-state index contributed by atoms with van der Waals surface area (Å²) in [5.41, 5.74) is 3.40. The number of nitrogens with one attached hydrogen (secondary N) is 2. The van der Waals surface area contributed by atoms with Crippen molar-refractivity contribution in [3.05, 3.63) is 101 Å². The van der Waals surface area contributed by atoms with Gasteiger partial charge in [-0.2, -0.15) is 0 Å². The second kappa shape index (κ2) is 9.48. The van der Waals surface area contributed by atoms with Gasteiger partial charge in [-0.25, -0.2) is 0 Å². The summed E-state index contributed by atoms with van der Waals surface area (Å²) < 4.78 is 5.08. The number of methoxy groups -OCH3 is 1. The number of amides is 2. The van der Waals surface area contributed by atoms with E-state index < -0.39 is 0 Å². The number of benzene rings is 3. The monoisotopic (exact) mass is 374 g/mol. The van der Waals surface area contributed by atoms with E-state index >= 15 is 0 Å². The minimum absolute atomic E-state index is 0.241. The van der Waals surface area contributed by atoms with Crippen LogP contribution >= 0.6 is 0 Å². The summed E-state index contributed by atoms with van der Waals surface area (Å²) in [5, 5.41) is 5.71. The van der Waals surface area contributed by atoms with Crippen LogP contribution in [0.2, 0.25) is 0 Å². The van der Waals surface area contributed by atoms with E-state index in [1.807, 2.05) is 42.5 Å². The van der Waals surface area contributed by atoms with E-state index in [2.05, 4.69) is 10.6 Å². The first-order valence-electron chi connectivity index (χ1n) is 8.98. The Morgan fingerprint density at radius 1 is 0.786 bits per heavy atom. The number of hydrogen-bond acceptors (Lipinski definition) is 3. The fraction of sp³-hybridized carbons (Fsp3) is 0.130. The zero-order chi connectivity index (χ0) is 19.8. The van der Waals surface area contributed by atoms with Crippen LogP contribution in [0.3, 0.4) is 0 Å². The van der Waals surface area contributed by atoms with Gasteiger partial charge in [-0.05, 0) is 35.4 Å². The third-order valence-corrected chi connectivity index (χ3v) is 4.24. The van der Waals surface area contributed by atoms with Gasteiger partial charge in [-0.15, -0.1) is 0 Å². The maximum Gasteiger partial charge on any atom is 0.255 e. The van der Waals surface area contributed by atoms with Crippen molar-refractivity contribution >= 4 is 17.5 Å². The van der Waals surface area contributed by atoms with Crippen LogP contribution in [0.15, 0.2) is 78.9 Å². The molecule has 3 aromatic carbocycles. The Bertz CT molecular complexity index is 938. The predicted molar refractivity (Wildman–Crippen MR) is 109 cm³/mol. The van der Waals surface area contributed by atoms with Gasteiger partial charge in [0.2, 0.25) is 0 Å². The smallest absolute Gasteiger partial charge is 0.255 e. The van der Waals surface area contributed by atoms with Crippen molar-refractivity contribution in [2.75, 3.05) is 12.4 Å². The van der Waals surface area contributed by atoms with Crippen molar-refractivity contribution in [1.29, 1.82) is 0 Å². The Labute approximate surface area is 164 Å². The van der Waals surface area contributed by atoms with Gasteiger partial charge < -0.3 is 15.4 Å². The first kappa shape index (κ1) is 19.3. The van der Waals surface area contributed by atoms with Gasteiger partial charge in [0.15, 0.2) is 0 Å². The second-order valence-electron chi connectivity index (χ2n) is 6.30. The molecule has 0 saturated carbocycles. The number of ether oxygens (including phenoxy) is 1. The zero-order valence-electron chi connectivity index (χ0n) is 15.6. The number of para-hydroxylation sites is 1. The number of carbonyl (C=O) groups excluding carboxylic acids is 2. The number of hydrogen-bond donors (Lipinski definition) is 2. The van der Waals surface area contributed by atoms with Gasteiger partial charge in [-0.3, -0.25) is 9.59 Å². The molecule has 3 rings (SSSR count). The number of anilines is 1. The van der Waals surface area contributed by atoms with Crippen molar-refractivity contribution in [2.45, 2.75) is 13.2 Å². The molecule has 28 heavy (non-hydrogen) atoms. The van der Waals surface area contributed by atoms with Crippen LogP contribution in [-0.2, 0) is 17.9 Å². The molecule has 0 aliphatic heterocycles. The van der Waals surface area contributed by atoms with E-state index in [0.29, 0.717) is 30.0 Å². The molecular weight excluding hydrogens is 352 g/mol. The average molecular weight is 374 g/mol. The minimum Gasteiger partial charge on any atom is -0.380 e. The Morgan fingerprint density at radius 2 is 1.46 bits per heavy atom. The molecular formula is C23H22N2O3. The summed E-state index contributed by atoms with van der Waals surface area (Å²) in [6.07, 6.45) is 0. The Hall–Kier alpha value is -3.44. The third-order valence-electron chi connectivity index (χ3n) is 4.24. The maximum absolute atomic E-state index is 12.6. The Morgan fingerprint density at radius 3 is 2.18 bits per heavy atom. The van der Waals surface area contributed by atoms with E-state index in [9.17, 15) is 9.59 Å². The topological polar surface area (TPSA) is 67.4 Å². The third kappa shape index (κ3) is 5.05. The highest BCUT2D eigenvalue weighted by Crippen LogP contribution is 2.17. The van der Waals surface area contributed by atoms with Gasteiger partial charge >= 0.3 is 0 Å². The van der Waals surface area contributed by atoms with Gasteiger partial charge in [0.25, 0.3) is 11.8 Å². The Kier molecular flexibility index (Phi) is 6.54. The van der Waals surface area contributed by atoms with E-state index in [0.717, 1.165) is 11.1 Å². The molecule has 0 saturated heterocycles. The van der Waals surface area contributed by atoms with Gasteiger partial charge in [0.05, 0.1) is 17.9 Å². The molecule has 0 fully saturated rings. The largest absolute Gasteiger partial charge is 0.380 e. The van der Waals surface area contributed by atoms with Crippen LogP contribution in [-0.4, -0.2) is 18.9 Å². The summed E-state index contributed by atoms with van der Waals surface area (Å²) in [7, 11) is 1.63. The molecule has 0 bridgehead atoms. The van der Waals surface area contributed by atoms with Crippen molar-refractivity contribution in [2.24, 2.45) is 0 Å². The highest BCUT2D eigenvalue weighted by Gasteiger charge is 2.14. The molecule has 0 heterocycles. The molecule has 3 aromatic rings. The first-order valence-corrected chi connectivity index (χ1v) is 8.98. The normalized spacial score (nSPS) is 10.3. The average Bonchev–Trinajstić information content (AvgIpc) is 2.74. The van der Waals surface area contributed by atoms with Crippen LogP contribution in [0.4, 0.5) is 5.69 Å². The molecule has 2 amide bonds. The quantitative estimate of drug-likeness (QED) is 0.656. The molecule has 0 spiro atoms. The van der Waals surface area contributed by atoms with Crippen molar-refractivity contribution in [3.63, 3.8) is 0 Å². The molecule has 5 heteroatoms. The summed E-state index contributed by atoms with van der Waals surface area (Å²) in [4.78, 5) is 25.2. The molecule has 5 nitrogen and oxygen atoms in total. The number of rotatable bonds is 7. The molecule has 0 unspecified atom stereocenters. The van der Waals surface area contributed by atoms with Crippen LogP contribution in [0.25, 0.3) is 0 Å². The summed E-state index contributed by atoms with van der Waals surface area (Å²) in [5.74, 6) is -0.512. The standard InChI is InChI=1S/C23H22N2O3/c1-28-16-18-11-13-19(14-12-18)22(26)25-21-10-6-5-9-20(21)23(27)24-15-17-7-3-2-4-8-17/h2-14H,15-16H2,1H3,(H,24,27)(H,25,26). The lowest BCUT2D eigenvalue weighted by molar-refractivity contribution is 0.0952. The van der Waals surface area contributed by atoms with Gasteiger partial charge in [0, 0.05) is 19.2 Å². The first-order chi connectivity index (χ1) is 13.7. The van der Waals surface area contributed by atoms with Gasteiger partial charge in [-0.1, -0.05) is 54.6 Å². The van der Waals surface area contributed by atoms with Crippen molar-refractivity contribution in [3.8, 4) is 0 Å². The maximum atomic E-state index is 12.6. The van der Waals surface area contributed by atoms with Crippen LogP contribution < -0.4 is 10.6 Å². The van der Waals surface area contributed by atoms with Crippen molar-refractivity contribution in [1.82, 2.24) is 5.32 Å². The van der Waals surface area contributed by atoms with E-state index in [4.69, 9.17) is 4.74 Å². The molecule has 0 radical (unpaired) electrons. The lowest BCUT2D eigenvalue weighted by Gasteiger charge is -2.12. The predicted octanol–water partition coefficient (Wildman–Crippen LogP) is 4.02. The van der Waals surface area contributed by atoms with Crippen LogP contribution in [0, 0.1) is 0 Å². The molecule has 0 atom stereocenters. The molecule has 0 aliphatic rings. The molecule has 142 valence electrons. The van der Waals surface area contributed by atoms with Crippen LogP contribution in [0.1, 0.15) is 31.8 Å². The highest BCUT2D eigenvalue weighted by molar-refractivity contribution is 6.09. The lowest BCUT2D eigenvalue weighted by Crippen LogP contribution is -2.24. The zero-order valence-corrected chi connectivity index (χ0v) is 15.6.